The second kappa shape index (κ2) is 6.08. The van der Waals surface area contributed by atoms with Crippen LogP contribution in [0.5, 0.6) is 0 Å². The van der Waals surface area contributed by atoms with Crippen molar-refractivity contribution in [3.05, 3.63) is 23.3 Å². The predicted molar refractivity (Wildman–Crippen MR) is 80.7 cm³/mol. The van der Waals surface area contributed by atoms with Crippen LogP contribution in [0.4, 0.5) is 0 Å². The minimum Gasteiger partial charge on any atom is -0.0847 e. The SMILES string of the molecule is CCCCC[C@]1(C2=CCCCC2)C[C@H]1C=C(C)C. The van der Waals surface area contributed by atoms with E-state index in [1.807, 2.05) is 5.57 Å². The highest BCUT2D eigenvalue weighted by atomic mass is 14.6. The first-order chi connectivity index (χ1) is 8.69. The van der Waals surface area contributed by atoms with Gasteiger partial charge in [-0.2, -0.15) is 0 Å². The maximum absolute atomic E-state index is 2.59. The van der Waals surface area contributed by atoms with Crippen LogP contribution in [0.1, 0.15) is 78.6 Å². The predicted octanol–water partition coefficient (Wildman–Crippen LogP) is 6.04. The molecule has 1 fully saturated rings. The molecule has 0 saturated heterocycles. The summed E-state index contributed by atoms with van der Waals surface area (Å²) in [6.45, 7) is 6.82. The van der Waals surface area contributed by atoms with Crippen molar-refractivity contribution in [2.75, 3.05) is 0 Å². The van der Waals surface area contributed by atoms with E-state index in [1.165, 1.54) is 63.4 Å². The highest BCUT2D eigenvalue weighted by Gasteiger charge is 2.53. The van der Waals surface area contributed by atoms with Gasteiger partial charge in [-0.1, -0.05) is 49.5 Å². The molecule has 0 heterocycles. The molecular weight excluding hydrogens is 216 g/mol. The summed E-state index contributed by atoms with van der Waals surface area (Å²) in [7, 11) is 0. The van der Waals surface area contributed by atoms with E-state index >= 15 is 0 Å². The van der Waals surface area contributed by atoms with Gasteiger partial charge in [0.2, 0.25) is 0 Å². The van der Waals surface area contributed by atoms with Crippen LogP contribution in [0.15, 0.2) is 23.3 Å². The van der Waals surface area contributed by atoms with Crippen molar-refractivity contribution < 1.29 is 0 Å². The maximum Gasteiger partial charge on any atom is -0.00191 e. The molecule has 0 aliphatic heterocycles. The molecule has 0 spiro atoms. The average molecular weight is 246 g/mol. The summed E-state index contributed by atoms with van der Waals surface area (Å²) in [5.41, 5.74) is 3.94. The van der Waals surface area contributed by atoms with Crippen LogP contribution in [-0.2, 0) is 0 Å². The first kappa shape index (κ1) is 13.9. The normalized spacial score (nSPS) is 30.8. The third-order valence-corrected chi connectivity index (χ3v) is 4.83. The Morgan fingerprint density at radius 2 is 2.17 bits per heavy atom. The summed E-state index contributed by atoms with van der Waals surface area (Å²) in [5, 5.41) is 0. The van der Waals surface area contributed by atoms with E-state index < -0.39 is 0 Å². The zero-order valence-corrected chi connectivity index (χ0v) is 12.6. The average Bonchev–Trinajstić information content (AvgIpc) is 3.04. The fourth-order valence-corrected chi connectivity index (χ4v) is 3.75. The van der Waals surface area contributed by atoms with E-state index in [-0.39, 0.29) is 0 Å². The Bertz CT molecular complexity index is 330. The van der Waals surface area contributed by atoms with E-state index in [1.54, 1.807) is 0 Å². The van der Waals surface area contributed by atoms with Gasteiger partial charge in [0.15, 0.2) is 0 Å². The van der Waals surface area contributed by atoms with Crippen LogP contribution in [-0.4, -0.2) is 0 Å². The number of unbranched alkanes of at least 4 members (excludes halogenated alkanes) is 2. The molecule has 0 heteroatoms. The van der Waals surface area contributed by atoms with Gasteiger partial charge in [0.1, 0.15) is 0 Å². The molecule has 2 atom stereocenters. The van der Waals surface area contributed by atoms with Crippen molar-refractivity contribution in [3.63, 3.8) is 0 Å². The molecule has 2 rings (SSSR count). The first-order valence-electron chi connectivity index (χ1n) is 8.03. The van der Waals surface area contributed by atoms with Gasteiger partial charge < -0.3 is 0 Å². The molecule has 2 aliphatic carbocycles. The van der Waals surface area contributed by atoms with Gasteiger partial charge in [-0.05, 0) is 63.7 Å². The Morgan fingerprint density at radius 3 is 2.78 bits per heavy atom. The summed E-state index contributed by atoms with van der Waals surface area (Å²) in [5.74, 6) is 0.865. The highest BCUT2D eigenvalue weighted by Crippen LogP contribution is 2.63. The molecule has 1 saturated carbocycles. The van der Waals surface area contributed by atoms with Gasteiger partial charge in [-0.25, -0.2) is 0 Å². The summed E-state index contributed by atoms with van der Waals surface area (Å²) in [4.78, 5) is 0. The fraction of sp³-hybridized carbons (Fsp3) is 0.778. The van der Waals surface area contributed by atoms with Gasteiger partial charge in [0, 0.05) is 0 Å². The molecular formula is C18H30. The van der Waals surface area contributed by atoms with Crippen LogP contribution in [0.25, 0.3) is 0 Å². The molecule has 0 radical (unpaired) electrons. The number of allylic oxidation sites excluding steroid dienone is 4. The van der Waals surface area contributed by atoms with E-state index in [9.17, 15) is 0 Å². The summed E-state index contributed by atoms with van der Waals surface area (Å²) < 4.78 is 0. The van der Waals surface area contributed by atoms with Crippen molar-refractivity contribution >= 4 is 0 Å². The maximum atomic E-state index is 2.59. The van der Waals surface area contributed by atoms with E-state index in [0.717, 1.165) is 5.92 Å². The zero-order chi connectivity index (χ0) is 13.0. The lowest BCUT2D eigenvalue weighted by atomic mass is 9.81. The van der Waals surface area contributed by atoms with Crippen LogP contribution in [0, 0.1) is 11.3 Å². The van der Waals surface area contributed by atoms with Crippen molar-refractivity contribution in [2.24, 2.45) is 11.3 Å². The van der Waals surface area contributed by atoms with Gasteiger partial charge >= 0.3 is 0 Å². The Hall–Kier alpha value is -0.520. The first-order valence-corrected chi connectivity index (χ1v) is 8.03. The van der Waals surface area contributed by atoms with E-state index in [4.69, 9.17) is 0 Å². The Kier molecular flexibility index (Phi) is 4.70. The van der Waals surface area contributed by atoms with Crippen molar-refractivity contribution in [2.45, 2.75) is 78.6 Å². The number of rotatable bonds is 6. The van der Waals surface area contributed by atoms with Gasteiger partial charge in [0.05, 0.1) is 0 Å². The minimum absolute atomic E-state index is 0.604. The second-order valence-electron chi connectivity index (χ2n) is 6.64. The van der Waals surface area contributed by atoms with Crippen LogP contribution < -0.4 is 0 Å². The topological polar surface area (TPSA) is 0 Å². The third-order valence-electron chi connectivity index (χ3n) is 4.83. The lowest BCUT2D eigenvalue weighted by molar-refractivity contribution is 0.451. The van der Waals surface area contributed by atoms with Crippen LogP contribution in [0.2, 0.25) is 0 Å². The summed E-state index contributed by atoms with van der Waals surface area (Å²) in [6.07, 6.45) is 17.8. The minimum atomic E-state index is 0.604. The van der Waals surface area contributed by atoms with Gasteiger partial charge in [-0.15, -0.1) is 0 Å². The Labute approximate surface area is 114 Å². The van der Waals surface area contributed by atoms with Crippen molar-refractivity contribution in [1.29, 1.82) is 0 Å². The van der Waals surface area contributed by atoms with Crippen molar-refractivity contribution in [1.82, 2.24) is 0 Å². The molecule has 0 N–H and O–H groups in total. The Morgan fingerprint density at radius 1 is 1.33 bits per heavy atom. The lowest BCUT2D eigenvalue weighted by Crippen LogP contribution is -2.10. The smallest absolute Gasteiger partial charge is 0.00191 e. The summed E-state index contributed by atoms with van der Waals surface area (Å²) >= 11 is 0. The number of hydrogen-bond donors (Lipinski definition) is 0. The van der Waals surface area contributed by atoms with Crippen LogP contribution in [0.3, 0.4) is 0 Å². The quantitative estimate of drug-likeness (QED) is 0.396. The second-order valence-corrected chi connectivity index (χ2v) is 6.64. The van der Waals surface area contributed by atoms with Gasteiger partial charge in [0.25, 0.3) is 0 Å². The molecule has 0 amide bonds. The molecule has 0 bridgehead atoms. The third kappa shape index (κ3) is 3.08. The monoisotopic (exact) mass is 246 g/mol. The molecule has 102 valence electrons. The fourth-order valence-electron chi connectivity index (χ4n) is 3.75. The van der Waals surface area contributed by atoms with E-state index in [2.05, 4.69) is 32.9 Å². The van der Waals surface area contributed by atoms with Crippen LogP contribution >= 0.6 is 0 Å². The Balaban J connectivity index is 2.05. The standard InChI is InChI=1S/C18H30/c1-4-5-9-12-18(14-17(18)13-15(2)3)16-10-7-6-8-11-16/h10,13,17H,4-9,11-12,14H2,1-3H3/t17-,18-/m1/s1. The highest BCUT2D eigenvalue weighted by molar-refractivity contribution is 5.31. The molecule has 0 aromatic rings. The summed E-state index contributed by atoms with van der Waals surface area (Å²) in [6, 6.07) is 0. The largest absolute Gasteiger partial charge is 0.0847 e. The molecule has 18 heavy (non-hydrogen) atoms. The molecule has 0 aromatic carbocycles. The van der Waals surface area contributed by atoms with Gasteiger partial charge in [-0.3, -0.25) is 0 Å². The number of hydrogen-bond acceptors (Lipinski definition) is 0. The molecule has 0 unspecified atom stereocenters. The zero-order valence-electron chi connectivity index (χ0n) is 12.6. The molecule has 2 aliphatic rings. The lowest BCUT2D eigenvalue weighted by Gasteiger charge is -2.24. The van der Waals surface area contributed by atoms with E-state index in [0.29, 0.717) is 5.41 Å². The molecule has 0 aromatic heterocycles. The molecule has 0 nitrogen and oxygen atoms in total. The van der Waals surface area contributed by atoms with Crippen molar-refractivity contribution in [3.8, 4) is 0 Å².